The highest BCUT2D eigenvalue weighted by atomic mass is 16.5. The highest BCUT2D eigenvalue weighted by Crippen LogP contribution is 2.26. The number of nitrogens with zero attached hydrogens (tertiary/aromatic N) is 6. The molecule has 1 fully saturated rings. The van der Waals surface area contributed by atoms with Gasteiger partial charge in [-0.3, -0.25) is 5.10 Å². The van der Waals surface area contributed by atoms with Crippen LogP contribution in [0.5, 0.6) is 0 Å². The maximum Gasteiger partial charge on any atom is 0.199 e. The average molecular weight is 376 g/mol. The van der Waals surface area contributed by atoms with Gasteiger partial charge in [-0.15, -0.1) is 0 Å². The number of aryl methyl sites for hydroxylation is 1. The zero-order valence-electron chi connectivity index (χ0n) is 15.5. The van der Waals surface area contributed by atoms with Gasteiger partial charge in [0.15, 0.2) is 11.5 Å². The van der Waals surface area contributed by atoms with Gasteiger partial charge in [-0.25, -0.2) is 14.5 Å². The van der Waals surface area contributed by atoms with Gasteiger partial charge in [-0.05, 0) is 31.2 Å². The molecular weight excluding hydrogens is 356 g/mol. The molecule has 9 nitrogen and oxygen atoms in total. The van der Waals surface area contributed by atoms with Gasteiger partial charge in [0.1, 0.15) is 6.33 Å². The van der Waals surface area contributed by atoms with Crippen LogP contribution < -0.4 is 10.2 Å². The number of anilines is 3. The van der Waals surface area contributed by atoms with E-state index in [1.54, 1.807) is 16.9 Å². The molecule has 0 atom stereocenters. The number of ether oxygens (including phenoxy) is 1. The number of morpholine rings is 1. The van der Waals surface area contributed by atoms with Crippen LogP contribution in [0.4, 0.5) is 17.2 Å². The van der Waals surface area contributed by atoms with E-state index in [-0.39, 0.29) is 0 Å². The summed E-state index contributed by atoms with van der Waals surface area (Å²) in [6.45, 7) is 5.36. The molecule has 0 aliphatic carbocycles. The molecule has 9 heteroatoms. The number of rotatable bonds is 4. The first-order valence-corrected chi connectivity index (χ1v) is 9.18. The van der Waals surface area contributed by atoms with Crippen molar-refractivity contribution in [3.8, 4) is 11.3 Å². The summed E-state index contributed by atoms with van der Waals surface area (Å²) >= 11 is 0. The Labute approximate surface area is 161 Å². The normalized spacial score (nSPS) is 14.5. The quantitative estimate of drug-likeness (QED) is 0.564. The van der Waals surface area contributed by atoms with Crippen LogP contribution in [0.1, 0.15) is 5.69 Å². The van der Waals surface area contributed by atoms with Gasteiger partial charge in [0.2, 0.25) is 0 Å². The Hall–Kier alpha value is -3.46. The van der Waals surface area contributed by atoms with Crippen LogP contribution in [0.2, 0.25) is 0 Å². The van der Waals surface area contributed by atoms with Gasteiger partial charge < -0.3 is 15.0 Å². The van der Waals surface area contributed by atoms with E-state index in [4.69, 9.17) is 4.74 Å². The number of aromatic amines is 1. The van der Waals surface area contributed by atoms with E-state index in [0.29, 0.717) is 11.5 Å². The fourth-order valence-corrected chi connectivity index (χ4v) is 3.41. The molecule has 5 rings (SSSR count). The van der Waals surface area contributed by atoms with E-state index in [1.165, 1.54) is 12.0 Å². The fourth-order valence-electron chi connectivity index (χ4n) is 3.41. The fraction of sp³-hybridized carbons (Fsp3) is 0.263. The van der Waals surface area contributed by atoms with Crippen molar-refractivity contribution in [2.75, 3.05) is 36.5 Å². The zero-order valence-corrected chi connectivity index (χ0v) is 15.5. The van der Waals surface area contributed by atoms with E-state index >= 15 is 0 Å². The molecule has 1 aliphatic rings. The summed E-state index contributed by atoms with van der Waals surface area (Å²) < 4.78 is 7.19. The molecule has 0 unspecified atom stereocenters. The summed E-state index contributed by atoms with van der Waals surface area (Å²) in [5.74, 6) is 0.654. The predicted octanol–water partition coefficient (Wildman–Crippen LogP) is 2.40. The summed E-state index contributed by atoms with van der Waals surface area (Å²) in [5.41, 5.74) is 5.55. The van der Waals surface area contributed by atoms with E-state index in [2.05, 4.69) is 47.6 Å². The van der Waals surface area contributed by atoms with Crippen molar-refractivity contribution < 1.29 is 4.74 Å². The second kappa shape index (κ2) is 6.93. The predicted molar refractivity (Wildman–Crippen MR) is 106 cm³/mol. The molecule has 28 heavy (non-hydrogen) atoms. The largest absolute Gasteiger partial charge is 0.378 e. The molecular formula is C19H20N8O. The highest BCUT2D eigenvalue weighted by Gasteiger charge is 2.15. The van der Waals surface area contributed by atoms with E-state index < -0.39 is 0 Å². The molecule has 0 bridgehead atoms. The molecule has 1 aromatic carbocycles. The smallest absolute Gasteiger partial charge is 0.199 e. The minimum Gasteiger partial charge on any atom is -0.378 e. The highest BCUT2D eigenvalue weighted by molar-refractivity contribution is 5.74. The zero-order chi connectivity index (χ0) is 18.9. The lowest BCUT2D eigenvalue weighted by molar-refractivity contribution is 0.122. The number of H-pyrrole nitrogens is 1. The second-order valence-electron chi connectivity index (χ2n) is 6.67. The molecule has 4 heterocycles. The standard InChI is InChI=1S/C19H20N8O/c1-13-16(10-22-25-13)17-11-20-18(19-21-12-23-27(17)19)24-14-2-4-15(5-3-14)26-6-8-28-9-7-26/h2-5,10-12H,6-9H2,1H3,(H,20,24)(H,22,25). The first kappa shape index (κ1) is 16.7. The van der Waals surface area contributed by atoms with Crippen molar-refractivity contribution in [3.05, 3.63) is 48.7 Å². The molecule has 0 radical (unpaired) electrons. The van der Waals surface area contributed by atoms with Crippen molar-refractivity contribution >= 4 is 22.8 Å². The maximum absolute atomic E-state index is 5.42. The molecule has 0 amide bonds. The summed E-state index contributed by atoms with van der Waals surface area (Å²) in [6, 6.07) is 8.32. The molecule has 1 saturated heterocycles. The number of hydrogen-bond donors (Lipinski definition) is 2. The van der Waals surface area contributed by atoms with E-state index in [9.17, 15) is 0 Å². The summed E-state index contributed by atoms with van der Waals surface area (Å²) in [6.07, 6.45) is 5.08. The Morgan fingerprint density at radius 1 is 1.07 bits per heavy atom. The monoisotopic (exact) mass is 376 g/mol. The Morgan fingerprint density at radius 3 is 2.64 bits per heavy atom. The second-order valence-corrected chi connectivity index (χ2v) is 6.67. The Kier molecular flexibility index (Phi) is 4.13. The van der Waals surface area contributed by atoms with Crippen LogP contribution in [0.25, 0.3) is 16.9 Å². The number of aromatic nitrogens is 6. The van der Waals surface area contributed by atoms with Gasteiger partial charge >= 0.3 is 0 Å². The Morgan fingerprint density at radius 2 is 1.89 bits per heavy atom. The topological polar surface area (TPSA) is 96.3 Å². The van der Waals surface area contributed by atoms with Gasteiger partial charge in [-0.1, -0.05) is 0 Å². The van der Waals surface area contributed by atoms with Gasteiger partial charge in [0, 0.05) is 35.7 Å². The SMILES string of the molecule is Cc1[nH]ncc1-c1cnc(Nc2ccc(N3CCOCC3)cc2)c2ncnn12. The van der Waals surface area contributed by atoms with Crippen LogP contribution in [0.15, 0.2) is 43.0 Å². The molecule has 0 spiro atoms. The van der Waals surface area contributed by atoms with Crippen molar-refractivity contribution in [1.82, 2.24) is 29.8 Å². The van der Waals surface area contributed by atoms with Crippen molar-refractivity contribution in [2.45, 2.75) is 6.92 Å². The van der Waals surface area contributed by atoms with Crippen molar-refractivity contribution in [1.29, 1.82) is 0 Å². The third kappa shape index (κ3) is 2.95. The first-order valence-electron chi connectivity index (χ1n) is 9.18. The van der Waals surface area contributed by atoms with Gasteiger partial charge in [0.05, 0.1) is 31.3 Å². The molecule has 2 N–H and O–H groups in total. The summed E-state index contributed by atoms with van der Waals surface area (Å²) in [5, 5.41) is 14.7. The lowest BCUT2D eigenvalue weighted by Gasteiger charge is -2.28. The average Bonchev–Trinajstić information content (AvgIpc) is 3.39. The van der Waals surface area contributed by atoms with E-state index in [0.717, 1.165) is 48.9 Å². The van der Waals surface area contributed by atoms with Crippen LogP contribution in [0, 0.1) is 6.92 Å². The van der Waals surface area contributed by atoms with E-state index in [1.807, 2.05) is 19.1 Å². The van der Waals surface area contributed by atoms with Gasteiger partial charge in [-0.2, -0.15) is 10.2 Å². The first-order chi connectivity index (χ1) is 13.8. The molecule has 1 aliphatic heterocycles. The lowest BCUT2D eigenvalue weighted by Crippen LogP contribution is -2.36. The number of fused-ring (bicyclic) bond motifs is 1. The summed E-state index contributed by atoms with van der Waals surface area (Å²) in [4.78, 5) is 11.3. The molecule has 4 aromatic rings. The van der Waals surface area contributed by atoms with Crippen molar-refractivity contribution in [3.63, 3.8) is 0 Å². The van der Waals surface area contributed by atoms with Crippen LogP contribution in [0.3, 0.4) is 0 Å². The lowest BCUT2D eigenvalue weighted by atomic mass is 10.2. The molecule has 142 valence electrons. The minimum absolute atomic E-state index is 0.654. The Bertz CT molecular complexity index is 1090. The summed E-state index contributed by atoms with van der Waals surface area (Å²) in [7, 11) is 0. The van der Waals surface area contributed by atoms with Crippen molar-refractivity contribution in [2.24, 2.45) is 0 Å². The number of benzene rings is 1. The molecule has 0 saturated carbocycles. The molecule has 3 aromatic heterocycles. The maximum atomic E-state index is 5.42. The van der Waals surface area contributed by atoms with Gasteiger partial charge in [0.25, 0.3) is 0 Å². The third-order valence-electron chi connectivity index (χ3n) is 4.92. The Balaban J connectivity index is 1.43. The van der Waals surface area contributed by atoms with Crippen LogP contribution >= 0.6 is 0 Å². The van der Waals surface area contributed by atoms with Crippen LogP contribution in [-0.2, 0) is 4.74 Å². The van der Waals surface area contributed by atoms with Crippen LogP contribution in [-0.4, -0.2) is 56.1 Å². The minimum atomic E-state index is 0.654. The number of hydrogen-bond acceptors (Lipinski definition) is 7. The number of nitrogens with one attached hydrogen (secondary N) is 2. The third-order valence-corrected chi connectivity index (χ3v) is 4.92.